The lowest BCUT2D eigenvalue weighted by Crippen LogP contribution is -2.32. The van der Waals surface area contributed by atoms with Crippen LogP contribution in [0.5, 0.6) is 5.75 Å². The monoisotopic (exact) mass is 496 g/mol. The number of fused-ring (bicyclic) bond motifs is 1. The van der Waals surface area contributed by atoms with Gasteiger partial charge in [-0.15, -0.1) is 0 Å². The summed E-state index contributed by atoms with van der Waals surface area (Å²) in [5.74, 6) is -2.72. The third kappa shape index (κ3) is 5.35. The number of phenolic OH excluding ortho intramolecular Hbond substituents is 1. The van der Waals surface area contributed by atoms with Crippen molar-refractivity contribution in [1.29, 1.82) is 5.26 Å². The Morgan fingerprint density at radius 3 is 2.36 bits per heavy atom. The number of amides is 2. The van der Waals surface area contributed by atoms with Crippen molar-refractivity contribution in [2.24, 2.45) is 5.10 Å². The van der Waals surface area contributed by atoms with Crippen molar-refractivity contribution in [2.45, 2.75) is 12.8 Å². The minimum absolute atomic E-state index is 0.0172. The first-order valence-electron chi connectivity index (χ1n) is 11.0. The summed E-state index contributed by atoms with van der Waals surface area (Å²) in [7, 11) is 0. The molecule has 1 atom stereocenters. The quantitative estimate of drug-likeness (QED) is 0.240. The van der Waals surface area contributed by atoms with Crippen LogP contribution in [0.15, 0.2) is 90.0 Å². The van der Waals surface area contributed by atoms with Crippen LogP contribution in [0.3, 0.4) is 0 Å². The molecule has 0 unspecified atom stereocenters. The molecule has 4 rings (SSSR count). The Bertz CT molecular complexity index is 1540. The number of nitrogens with zero attached hydrogens (tertiary/aromatic N) is 2. The van der Waals surface area contributed by atoms with Gasteiger partial charge in [-0.25, -0.2) is 5.43 Å². The number of nitrogens with one attached hydrogen (secondary N) is 2. The molecule has 0 saturated carbocycles. The second-order valence-electron chi connectivity index (χ2n) is 8.04. The third-order valence-corrected chi connectivity index (χ3v) is 5.84. The van der Waals surface area contributed by atoms with E-state index in [-0.39, 0.29) is 17.0 Å². The molecule has 0 aliphatic carbocycles. The number of carbonyl (C=O) groups excluding carboxylic acids is 2. The number of carbonyl (C=O) groups is 2. The third-order valence-electron chi connectivity index (χ3n) is 5.60. The van der Waals surface area contributed by atoms with Crippen molar-refractivity contribution in [2.75, 3.05) is 5.32 Å². The zero-order valence-corrected chi connectivity index (χ0v) is 20.0. The first-order valence-corrected chi connectivity index (χ1v) is 11.4. The summed E-state index contributed by atoms with van der Waals surface area (Å²) in [4.78, 5) is 26.2. The summed E-state index contributed by atoms with van der Waals surface area (Å²) in [6, 6.07) is 26.0. The van der Waals surface area contributed by atoms with Gasteiger partial charge in [0.25, 0.3) is 11.8 Å². The summed E-state index contributed by atoms with van der Waals surface area (Å²) in [6.07, 6.45) is 0. The van der Waals surface area contributed by atoms with Gasteiger partial charge in [-0.05, 0) is 59.2 Å². The van der Waals surface area contributed by atoms with Crippen molar-refractivity contribution >= 4 is 45.6 Å². The highest BCUT2D eigenvalue weighted by Crippen LogP contribution is 2.26. The van der Waals surface area contributed by atoms with Crippen LogP contribution < -0.4 is 10.7 Å². The fourth-order valence-electron chi connectivity index (χ4n) is 3.78. The van der Waals surface area contributed by atoms with E-state index >= 15 is 0 Å². The highest BCUT2D eigenvalue weighted by molar-refractivity contribution is 6.45. The van der Waals surface area contributed by atoms with E-state index in [1.165, 1.54) is 12.1 Å². The molecule has 0 saturated heterocycles. The molecule has 36 heavy (non-hydrogen) atoms. The minimum atomic E-state index is -1.07. The van der Waals surface area contributed by atoms with Gasteiger partial charge < -0.3 is 10.4 Å². The first-order chi connectivity index (χ1) is 17.4. The van der Waals surface area contributed by atoms with E-state index in [1.807, 2.05) is 43.3 Å². The van der Waals surface area contributed by atoms with E-state index in [0.717, 1.165) is 16.3 Å². The number of hydrogen-bond donors (Lipinski definition) is 3. The average Bonchev–Trinajstić information content (AvgIpc) is 2.86. The smallest absolute Gasteiger partial charge is 0.275 e. The molecule has 0 radical (unpaired) electrons. The molecular formula is C28H21ClN4O3. The number of hydrazone groups is 1. The summed E-state index contributed by atoms with van der Waals surface area (Å²) in [5.41, 5.74) is 3.86. The fraction of sp³-hybridized carbons (Fsp3) is 0.0714. The predicted molar refractivity (Wildman–Crippen MR) is 140 cm³/mol. The molecular weight excluding hydrogens is 476 g/mol. The number of rotatable bonds is 6. The molecule has 0 aliphatic heterocycles. The van der Waals surface area contributed by atoms with Crippen molar-refractivity contribution in [3.05, 3.63) is 107 Å². The van der Waals surface area contributed by atoms with Gasteiger partial charge in [0.05, 0.1) is 11.6 Å². The molecule has 0 aliphatic rings. The van der Waals surface area contributed by atoms with E-state index in [0.29, 0.717) is 16.3 Å². The molecule has 7 nitrogen and oxygen atoms in total. The zero-order chi connectivity index (χ0) is 25.7. The lowest BCUT2D eigenvalue weighted by molar-refractivity contribution is -0.110. The number of anilines is 1. The van der Waals surface area contributed by atoms with E-state index in [9.17, 15) is 20.0 Å². The highest BCUT2D eigenvalue weighted by Gasteiger charge is 2.27. The molecule has 0 fully saturated rings. The van der Waals surface area contributed by atoms with Gasteiger partial charge >= 0.3 is 0 Å². The fourth-order valence-corrected chi connectivity index (χ4v) is 3.97. The number of nitriles is 1. The molecule has 178 valence electrons. The van der Waals surface area contributed by atoms with Gasteiger partial charge in [0.15, 0.2) is 0 Å². The molecule has 4 aromatic rings. The van der Waals surface area contributed by atoms with Gasteiger partial charge in [0.1, 0.15) is 17.4 Å². The Morgan fingerprint density at radius 2 is 1.67 bits per heavy atom. The minimum Gasteiger partial charge on any atom is -0.507 e. The van der Waals surface area contributed by atoms with Crippen molar-refractivity contribution in [3.8, 4) is 11.8 Å². The number of benzene rings is 4. The SMILES string of the molecule is Cc1ccccc1[C@@H](C#N)/C(=N/NC(=O)c1cc2ccccc2cc1O)C(=O)Nc1cccc(Cl)c1. The largest absolute Gasteiger partial charge is 0.507 e. The Morgan fingerprint density at radius 1 is 0.972 bits per heavy atom. The van der Waals surface area contributed by atoms with Crippen LogP contribution in [-0.2, 0) is 4.79 Å². The lowest BCUT2D eigenvalue weighted by atomic mass is 9.91. The molecule has 0 spiro atoms. The lowest BCUT2D eigenvalue weighted by Gasteiger charge is -2.16. The molecule has 4 aromatic carbocycles. The van der Waals surface area contributed by atoms with Crippen LogP contribution in [0.4, 0.5) is 5.69 Å². The summed E-state index contributed by atoms with van der Waals surface area (Å²) >= 11 is 6.03. The molecule has 0 bridgehead atoms. The molecule has 0 aromatic heterocycles. The standard InChI is InChI=1S/C28H21ClN4O3/c1-17-7-2-5-12-22(17)24(16-30)26(28(36)31-21-11-6-10-20(29)15-21)32-33-27(35)23-13-18-8-3-4-9-19(18)14-25(23)34/h2-15,24,34H,1H3,(H,31,36)(H,33,35)/b32-26-/t24-/m1/s1. The molecule has 2 amide bonds. The maximum absolute atomic E-state index is 13.3. The van der Waals surface area contributed by atoms with Crippen LogP contribution in [0.2, 0.25) is 5.02 Å². The number of hydrogen-bond acceptors (Lipinski definition) is 5. The van der Waals surface area contributed by atoms with E-state index < -0.39 is 17.7 Å². The van der Waals surface area contributed by atoms with Crippen LogP contribution in [0.25, 0.3) is 10.8 Å². The summed E-state index contributed by atoms with van der Waals surface area (Å²) in [6.45, 7) is 1.82. The van der Waals surface area contributed by atoms with Crippen molar-refractivity contribution in [1.82, 2.24) is 5.43 Å². The van der Waals surface area contributed by atoms with Gasteiger partial charge in [-0.3, -0.25) is 9.59 Å². The molecule has 8 heteroatoms. The average molecular weight is 497 g/mol. The number of phenols is 1. The summed E-state index contributed by atoms with van der Waals surface area (Å²) in [5, 5.41) is 29.1. The maximum Gasteiger partial charge on any atom is 0.275 e. The van der Waals surface area contributed by atoms with Crippen molar-refractivity contribution < 1.29 is 14.7 Å². The zero-order valence-electron chi connectivity index (χ0n) is 19.2. The number of aromatic hydroxyl groups is 1. The molecule has 3 N–H and O–H groups in total. The highest BCUT2D eigenvalue weighted by atomic mass is 35.5. The van der Waals surface area contributed by atoms with Gasteiger partial charge in [-0.1, -0.05) is 66.2 Å². The molecule has 0 heterocycles. The van der Waals surface area contributed by atoms with E-state index in [1.54, 1.807) is 36.4 Å². The van der Waals surface area contributed by atoms with Gasteiger partial charge in [0, 0.05) is 10.7 Å². The first kappa shape index (κ1) is 24.5. The Labute approximate surface area is 212 Å². The van der Waals surface area contributed by atoms with Crippen LogP contribution in [0, 0.1) is 18.3 Å². The topological polar surface area (TPSA) is 115 Å². The van der Waals surface area contributed by atoms with E-state index in [4.69, 9.17) is 11.6 Å². The second kappa shape index (κ2) is 10.7. The predicted octanol–water partition coefficient (Wildman–Crippen LogP) is 5.54. The van der Waals surface area contributed by atoms with Gasteiger partial charge in [0.2, 0.25) is 0 Å². The van der Waals surface area contributed by atoms with Crippen LogP contribution >= 0.6 is 11.6 Å². The Balaban J connectivity index is 1.70. The van der Waals surface area contributed by atoms with Crippen LogP contribution in [-0.4, -0.2) is 22.6 Å². The van der Waals surface area contributed by atoms with Gasteiger partial charge in [-0.2, -0.15) is 10.4 Å². The maximum atomic E-state index is 13.3. The van der Waals surface area contributed by atoms with Crippen molar-refractivity contribution in [3.63, 3.8) is 0 Å². The Kier molecular flexibility index (Phi) is 7.28. The second-order valence-corrected chi connectivity index (χ2v) is 8.47. The van der Waals surface area contributed by atoms with E-state index in [2.05, 4.69) is 21.9 Å². The normalized spacial score (nSPS) is 12.0. The Hall–Kier alpha value is -4.67. The number of aryl methyl sites for hydroxylation is 1. The van der Waals surface area contributed by atoms with Crippen LogP contribution in [0.1, 0.15) is 27.4 Å². The number of halogens is 1. The summed E-state index contributed by atoms with van der Waals surface area (Å²) < 4.78 is 0.